The van der Waals surface area contributed by atoms with Crippen LogP contribution in [-0.4, -0.2) is 23.7 Å². The molecule has 2 unspecified atom stereocenters. The van der Waals surface area contributed by atoms with Gasteiger partial charge in [0.25, 0.3) is 0 Å². The topological polar surface area (TPSA) is 21.7 Å². The third-order valence-electron chi connectivity index (χ3n) is 4.26. The number of hydrogen-bond acceptors (Lipinski definition) is 3. The molecule has 3 aliphatic rings. The van der Waals surface area contributed by atoms with E-state index < -0.39 is 0 Å². The molecule has 1 aromatic carbocycles. The van der Waals surface area contributed by atoms with Crippen LogP contribution in [0.2, 0.25) is 0 Å². The molecule has 0 spiro atoms. The van der Waals surface area contributed by atoms with E-state index in [4.69, 9.17) is 9.47 Å². The fourth-order valence-corrected chi connectivity index (χ4v) is 3.27. The van der Waals surface area contributed by atoms with Crippen LogP contribution in [0.3, 0.4) is 0 Å². The molecular formula is C13H15NO2. The van der Waals surface area contributed by atoms with Crippen LogP contribution in [0, 0.1) is 0 Å². The monoisotopic (exact) mass is 217 g/mol. The molecule has 0 aliphatic carbocycles. The molecule has 2 saturated heterocycles. The third-order valence-corrected chi connectivity index (χ3v) is 4.26. The number of rotatable bonds is 1. The number of nitrogens with zero attached hydrogens (tertiary/aromatic N) is 1. The number of ether oxygens (including phenoxy) is 2. The van der Waals surface area contributed by atoms with Gasteiger partial charge >= 0.3 is 0 Å². The predicted octanol–water partition coefficient (Wildman–Crippen LogP) is 2.21. The first kappa shape index (κ1) is 9.16. The van der Waals surface area contributed by atoms with Gasteiger partial charge in [-0.25, -0.2) is 4.90 Å². The van der Waals surface area contributed by atoms with E-state index in [-0.39, 0.29) is 18.0 Å². The van der Waals surface area contributed by atoms with Gasteiger partial charge in [0.05, 0.1) is 18.8 Å². The van der Waals surface area contributed by atoms with E-state index in [1.165, 1.54) is 11.1 Å². The Morgan fingerprint density at radius 1 is 1.19 bits per heavy atom. The molecule has 0 aromatic heterocycles. The summed E-state index contributed by atoms with van der Waals surface area (Å²) in [5.74, 6) is 0. The molecule has 0 amide bonds. The zero-order valence-electron chi connectivity index (χ0n) is 9.35. The number of fused-ring (bicyclic) bond motifs is 3. The maximum atomic E-state index is 5.98. The van der Waals surface area contributed by atoms with Crippen molar-refractivity contribution in [3.05, 3.63) is 35.4 Å². The van der Waals surface area contributed by atoms with Gasteiger partial charge in [0.2, 0.25) is 0 Å². The molecule has 2 fully saturated rings. The van der Waals surface area contributed by atoms with E-state index in [1.807, 2.05) is 0 Å². The lowest BCUT2D eigenvalue weighted by atomic mass is 9.98. The van der Waals surface area contributed by atoms with Gasteiger partial charge in [-0.3, -0.25) is 0 Å². The zero-order valence-corrected chi connectivity index (χ0v) is 9.35. The Morgan fingerprint density at radius 3 is 2.25 bits per heavy atom. The zero-order chi connectivity index (χ0) is 10.8. The summed E-state index contributed by atoms with van der Waals surface area (Å²) < 4.78 is 12.0. The highest BCUT2D eigenvalue weighted by molar-refractivity contribution is 5.38. The van der Waals surface area contributed by atoms with Crippen molar-refractivity contribution >= 4 is 0 Å². The van der Waals surface area contributed by atoms with E-state index in [2.05, 4.69) is 36.1 Å². The van der Waals surface area contributed by atoms with Crippen molar-refractivity contribution in [1.29, 1.82) is 0 Å². The maximum absolute atomic E-state index is 5.98. The van der Waals surface area contributed by atoms with Gasteiger partial charge in [-0.05, 0) is 6.42 Å². The van der Waals surface area contributed by atoms with Crippen LogP contribution >= 0.6 is 0 Å². The predicted molar refractivity (Wildman–Crippen MR) is 58.7 cm³/mol. The van der Waals surface area contributed by atoms with Crippen LogP contribution in [0.5, 0.6) is 0 Å². The van der Waals surface area contributed by atoms with Crippen LogP contribution in [0.4, 0.5) is 0 Å². The van der Waals surface area contributed by atoms with Crippen LogP contribution in [-0.2, 0) is 9.47 Å². The van der Waals surface area contributed by atoms with Crippen molar-refractivity contribution < 1.29 is 9.47 Å². The third kappa shape index (κ3) is 0.865. The van der Waals surface area contributed by atoms with Crippen LogP contribution in [0.1, 0.15) is 36.9 Å². The molecule has 0 saturated carbocycles. The summed E-state index contributed by atoms with van der Waals surface area (Å²) in [4.78, 5) is 2.43. The highest BCUT2D eigenvalue weighted by Crippen LogP contribution is 2.56. The van der Waals surface area contributed by atoms with Gasteiger partial charge in [-0.2, -0.15) is 0 Å². The minimum atomic E-state index is 0.119. The Hall–Kier alpha value is -0.900. The van der Waals surface area contributed by atoms with Crippen LogP contribution < -0.4 is 0 Å². The van der Waals surface area contributed by atoms with E-state index in [9.17, 15) is 0 Å². The molecule has 3 heterocycles. The molecule has 0 radical (unpaired) electrons. The summed E-state index contributed by atoms with van der Waals surface area (Å²) in [6.45, 7) is 3.83. The standard InChI is InChI=1S/C13H15NO2/c1-2-13-7-15-11-9-5-3-4-6-10(9)12(14(11)13)16-8-13/h3-6,11-12H,2,7-8H2,1H3. The summed E-state index contributed by atoms with van der Waals surface area (Å²) in [6, 6.07) is 8.48. The normalized spacial score (nSPS) is 40.1. The fraction of sp³-hybridized carbons (Fsp3) is 0.538. The van der Waals surface area contributed by atoms with Gasteiger partial charge in [-0.1, -0.05) is 31.2 Å². The molecule has 2 atom stereocenters. The lowest BCUT2D eigenvalue weighted by Crippen LogP contribution is -2.42. The molecule has 3 aliphatic heterocycles. The minimum Gasteiger partial charge on any atom is -0.357 e. The van der Waals surface area contributed by atoms with E-state index in [1.54, 1.807) is 0 Å². The quantitative estimate of drug-likeness (QED) is 0.720. The van der Waals surface area contributed by atoms with E-state index in [0.717, 1.165) is 19.6 Å². The fourth-order valence-electron chi connectivity index (χ4n) is 3.27. The Kier molecular flexibility index (Phi) is 1.64. The molecule has 3 heteroatoms. The average Bonchev–Trinajstić information content (AvgIpc) is 2.96. The average molecular weight is 217 g/mol. The van der Waals surface area contributed by atoms with Gasteiger partial charge < -0.3 is 9.47 Å². The molecule has 3 nitrogen and oxygen atoms in total. The SMILES string of the molecule is CCC12COC3c4ccccc4C(OC1)N32. The molecule has 4 rings (SSSR count). The smallest absolute Gasteiger partial charge is 0.140 e. The summed E-state index contributed by atoms with van der Waals surface area (Å²) in [6.07, 6.45) is 1.35. The second-order valence-corrected chi connectivity index (χ2v) is 4.94. The molecule has 16 heavy (non-hydrogen) atoms. The minimum absolute atomic E-state index is 0.119. The van der Waals surface area contributed by atoms with Crippen molar-refractivity contribution in [1.82, 2.24) is 4.90 Å². The van der Waals surface area contributed by atoms with Gasteiger partial charge in [0.1, 0.15) is 12.5 Å². The highest BCUT2D eigenvalue weighted by atomic mass is 16.6. The summed E-state index contributed by atoms with van der Waals surface area (Å²) in [5, 5.41) is 0. The van der Waals surface area contributed by atoms with Crippen molar-refractivity contribution in [2.75, 3.05) is 13.2 Å². The Balaban J connectivity index is 1.88. The largest absolute Gasteiger partial charge is 0.357 e. The Labute approximate surface area is 95.0 Å². The Bertz CT molecular complexity index is 410. The van der Waals surface area contributed by atoms with Gasteiger partial charge in [-0.15, -0.1) is 0 Å². The summed E-state index contributed by atoms with van der Waals surface area (Å²) in [7, 11) is 0. The second-order valence-electron chi connectivity index (χ2n) is 4.94. The van der Waals surface area contributed by atoms with Crippen LogP contribution in [0.15, 0.2) is 24.3 Å². The molecule has 84 valence electrons. The molecule has 0 N–H and O–H groups in total. The van der Waals surface area contributed by atoms with Gasteiger partial charge in [0, 0.05) is 11.1 Å². The lowest BCUT2D eigenvalue weighted by Gasteiger charge is -2.28. The first-order chi connectivity index (χ1) is 7.86. The first-order valence-corrected chi connectivity index (χ1v) is 5.96. The Morgan fingerprint density at radius 2 is 1.75 bits per heavy atom. The summed E-state index contributed by atoms with van der Waals surface area (Å²) in [5.41, 5.74) is 2.71. The second kappa shape index (κ2) is 2.86. The first-order valence-electron chi connectivity index (χ1n) is 5.96. The van der Waals surface area contributed by atoms with Crippen molar-refractivity contribution in [3.8, 4) is 0 Å². The van der Waals surface area contributed by atoms with Crippen LogP contribution in [0.25, 0.3) is 0 Å². The maximum Gasteiger partial charge on any atom is 0.140 e. The molecule has 0 bridgehead atoms. The van der Waals surface area contributed by atoms with E-state index >= 15 is 0 Å². The van der Waals surface area contributed by atoms with Crippen molar-refractivity contribution in [2.45, 2.75) is 31.3 Å². The molecular weight excluding hydrogens is 202 g/mol. The van der Waals surface area contributed by atoms with Crippen molar-refractivity contribution in [3.63, 3.8) is 0 Å². The number of hydrogen-bond donors (Lipinski definition) is 0. The lowest BCUT2D eigenvalue weighted by molar-refractivity contribution is -0.0385. The highest BCUT2D eigenvalue weighted by Gasteiger charge is 2.59. The summed E-state index contributed by atoms with van der Waals surface area (Å²) >= 11 is 0. The van der Waals surface area contributed by atoms with Gasteiger partial charge in [0.15, 0.2) is 0 Å². The number of benzene rings is 1. The molecule has 1 aromatic rings. The van der Waals surface area contributed by atoms with E-state index in [0.29, 0.717) is 0 Å². The van der Waals surface area contributed by atoms with Crippen molar-refractivity contribution in [2.24, 2.45) is 0 Å².